The second kappa shape index (κ2) is 11.8. The van der Waals surface area contributed by atoms with Crippen LogP contribution in [0.5, 0.6) is 5.75 Å². The van der Waals surface area contributed by atoms with Crippen molar-refractivity contribution in [2.24, 2.45) is 0 Å². The van der Waals surface area contributed by atoms with Crippen LogP contribution in [0.15, 0.2) is 107 Å². The number of rotatable bonds is 7. The molecule has 2 amide bonds. The van der Waals surface area contributed by atoms with Crippen LogP contribution in [0, 0.1) is 5.82 Å². The fraction of sp³-hybridized carbons (Fsp3) is 0.152. The standard InChI is InChI=1S/C33H30FN7O2S/c1-33(2,3)28-18-30(41(39-28)23-14-12-22(34)13-15-23)36-32(43)35-19-21-8-4-7-11-27(21)44-24-16-17-29-37-38-31(40(29)20-24)25-9-5-6-10-26(25)42/h4-18,20,42H,19H2,1-3H3,(H2,35,36,43). The lowest BCUT2D eigenvalue weighted by Gasteiger charge is -2.14. The average molecular weight is 608 g/mol. The summed E-state index contributed by atoms with van der Waals surface area (Å²) in [7, 11) is 0. The van der Waals surface area contributed by atoms with Crippen molar-refractivity contribution in [3.63, 3.8) is 0 Å². The molecule has 0 bridgehead atoms. The van der Waals surface area contributed by atoms with Gasteiger partial charge in [-0.05, 0) is 60.2 Å². The van der Waals surface area contributed by atoms with Crippen LogP contribution in [-0.4, -0.2) is 35.5 Å². The van der Waals surface area contributed by atoms with Gasteiger partial charge < -0.3 is 10.4 Å². The molecule has 3 aromatic heterocycles. The minimum absolute atomic E-state index is 0.130. The Morgan fingerprint density at radius 3 is 2.48 bits per heavy atom. The Kier molecular flexibility index (Phi) is 7.79. The molecule has 11 heteroatoms. The van der Waals surface area contributed by atoms with Crippen molar-refractivity contribution in [3.8, 4) is 22.8 Å². The van der Waals surface area contributed by atoms with Crippen LogP contribution in [0.2, 0.25) is 0 Å². The van der Waals surface area contributed by atoms with Gasteiger partial charge in [0.1, 0.15) is 17.4 Å². The zero-order chi connectivity index (χ0) is 30.8. The number of carbonyl (C=O) groups excluding carboxylic acids is 1. The van der Waals surface area contributed by atoms with Crippen molar-refractivity contribution in [2.75, 3.05) is 5.32 Å². The number of fused-ring (bicyclic) bond motifs is 1. The molecule has 0 fully saturated rings. The lowest BCUT2D eigenvalue weighted by molar-refractivity contribution is 0.251. The molecule has 3 aromatic carbocycles. The fourth-order valence-electron chi connectivity index (χ4n) is 4.61. The predicted octanol–water partition coefficient (Wildman–Crippen LogP) is 7.20. The number of hydrogen-bond acceptors (Lipinski definition) is 6. The Hall–Kier alpha value is -5.16. The van der Waals surface area contributed by atoms with E-state index in [1.165, 1.54) is 12.1 Å². The van der Waals surface area contributed by atoms with Gasteiger partial charge in [0.05, 0.1) is 16.9 Å². The third-order valence-corrected chi connectivity index (χ3v) is 8.05. The van der Waals surface area contributed by atoms with Gasteiger partial charge in [-0.15, -0.1) is 10.2 Å². The average Bonchev–Trinajstić information content (AvgIpc) is 3.62. The number of aromatic hydroxyl groups is 1. The van der Waals surface area contributed by atoms with Crippen molar-refractivity contribution in [1.29, 1.82) is 0 Å². The summed E-state index contributed by atoms with van der Waals surface area (Å²) >= 11 is 1.55. The first-order valence-electron chi connectivity index (χ1n) is 14.0. The van der Waals surface area contributed by atoms with E-state index in [0.717, 1.165) is 21.0 Å². The van der Waals surface area contributed by atoms with Crippen LogP contribution in [0.4, 0.5) is 15.0 Å². The Morgan fingerprint density at radius 2 is 1.70 bits per heavy atom. The number of para-hydroxylation sites is 1. The van der Waals surface area contributed by atoms with E-state index in [-0.39, 0.29) is 23.5 Å². The van der Waals surface area contributed by atoms with E-state index >= 15 is 0 Å². The Bertz CT molecular complexity index is 1960. The van der Waals surface area contributed by atoms with Gasteiger partial charge in [-0.3, -0.25) is 9.72 Å². The zero-order valence-corrected chi connectivity index (χ0v) is 25.1. The van der Waals surface area contributed by atoms with Crippen molar-refractivity contribution in [2.45, 2.75) is 42.5 Å². The summed E-state index contributed by atoms with van der Waals surface area (Å²) in [5.41, 5.74) is 3.35. The number of phenolic OH excluding ortho intramolecular Hbond substituents is 1. The van der Waals surface area contributed by atoms with Crippen molar-refractivity contribution in [1.82, 2.24) is 29.7 Å². The van der Waals surface area contributed by atoms with Crippen molar-refractivity contribution < 1.29 is 14.3 Å². The molecule has 0 spiro atoms. The molecular formula is C33H30FN7O2S. The number of benzene rings is 3. The summed E-state index contributed by atoms with van der Waals surface area (Å²) in [4.78, 5) is 15.0. The van der Waals surface area contributed by atoms with Crippen molar-refractivity contribution in [3.05, 3.63) is 114 Å². The molecule has 0 saturated heterocycles. The summed E-state index contributed by atoms with van der Waals surface area (Å²) in [5.74, 6) is 0.800. The monoisotopic (exact) mass is 607 g/mol. The number of anilines is 1. The maximum absolute atomic E-state index is 13.6. The fourth-order valence-corrected chi connectivity index (χ4v) is 5.57. The third-order valence-electron chi connectivity index (χ3n) is 6.95. The Balaban J connectivity index is 1.19. The number of halogens is 1. The maximum Gasteiger partial charge on any atom is 0.320 e. The number of carbonyl (C=O) groups is 1. The van der Waals surface area contributed by atoms with E-state index in [2.05, 4.69) is 25.9 Å². The highest BCUT2D eigenvalue weighted by Gasteiger charge is 2.22. The normalized spacial score (nSPS) is 11.5. The van der Waals surface area contributed by atoms with E-state index in [1.54, 1.807) is 46.8 Å². The molecule has 3 N–H and O–H groups in total. The first-order chi connectivity index (χ1) is 21.2. The highest BCUT2D eigenvalue weighted by Crippen LogP contribution is 2.33. The van der Waals surface area contributed by atoms with Gasteiger partial charge in [0, 0.05) is 34.0 Å². The summed E-state index contributed by atoms with van der Waals surface area (Å²) in [5, 5.41) is 29.4. The van der Waals surface area contributed by atoms with Crippen LogP contribution in [-0.2, 0) is 12.0 Å². The van der Waals surface area contributed by atoms with E-state index < -0.39 is 6.03 Å². The maximum atomic E-state index is 13.6. The van der Waals surface area contributed by atoms with Gasteiger partial charge in [0.25, 0.3) is 0 Å². The van der Waals surface area contributed by atoms with Gasteiger partial charge >= 0.3 is 6.03 Å². The number of pyridine rings is 1. The molecule has 0 aliphatic rings. The van der Waals surface area contributed by atoms with E-state index in [1.807, 2.05) is 79.9 Å². The topological polar surface area (TPSA) is 109 Å². The predicted molar refractivity (Wildman–Crippen MR) is 169 cm³/mol. The summed E-state index contributed by atoms with van der Waals surface area (Å²) in [6, 6.07) is 26.1. The number of nitrogens with zero attached hydrogens (tertiary/aromatic N) is 5. The lowest BCUT2D eigenvalue weighted by Crippen LogP contribution is -2.29. The number of amides is 2. The summed E-state index contributed by atoms with van der Waals surface area (Å²) in [6.45, 7) is 6.40. The smallest absolute Gasteiger partial charge is 0.320 e. The van der Waals surface area contributed by atoms with Gasteiger partial charge in [-0.1, -0.05) is 62.9 Å². The van der Waals surface area contributed by atoms with E-state index in [4.69, 9.17) is 0 Å². The molecule has 9 nitrogen and oxygen atoms in total. The molecular weight excluding hydrogens is 577 g/mol. The van der Waals surface area contributed by atoms with Crippen LogP contribution in [0.1, 0.15) is 32.0 Å². The zero-order valence-electron chi connectivity index (χ0n) is 24.3. The summed E-state index contributed by atoms with van der Waals surface area (Å²) < 4.78 is 17.0. The minimum Gasteiger partial charge on any atom is -0.507 e. The van der Waals surface area contributed by atoms with Crippen LogP contribution in [0.25, 0.3) is 22.7 Å². The first kappa shape index (κ1) is 28.9. The van der Waals surface area contributed by atoms with Crippen LogP contribution in [0.3, 0.4) is 0 Å². The van der Waals surface area contributed by atoms with Gasteiger partial charge in [-0.2, -0.15) is 5.10 Å². The molecule has 0 aliphatic carbocycles. The molecule has 0 radical (unpaired) electrons. The molecule has 0 atom stereocenters. The van der Waals surface area contributed by atoms with Crippen molar-refractivity contribution >= 4 is 29.3 Å². The molecule has 222 valence electrons. The quantitative estimate of drug-likeness (QED) is 0.177. The molecule has 6 rings (SSSR count). The lowest BCUT2D eigenvalue weighted by atomic mass is 9.92. The first-order valence-corrected chi connectivity index (χ1v) is 14.8. The Labute approximate surface area is 257 Å². The largest absolute Gasteiger partial charge is 0.507 e. The second-order valence-corrected chi connectivity index (χ2v) is 12.3. The Morgan fingerprint density at radius 1 is 0.955 bits per heavy atom. The minimum atomic E-state index is -0.397. The summed E-state index contributed by atoms with van der Waals surface area (Å²) in [6.07, 6.45) is 1.93. The molecule has 0 saturated carbocycles. The molecule has 0 unspecified atom stereocenters. The molecule has 3 heterocycles. The highest BCUT2D eigenvalue weighted by atomic mass is 32.2. The SMILES string of the molecule is CC(C)(C)c1cc(NC(=O)NCc2ccccc2Sc2ccc3nnc(-c4ccccc4O)n3c2)n(-c2ccc(F)cc2)n1. The molecule has 44 heavy (non-hydrogen) atoms. The molecule has 0 aliphatic heterocycles. The highest BCUT2D eigenvalue weighted by molar-refractivity contribution is 7.99. The van der Waals surface area contributed by atoms with Gasteiger partial charge in [0.2, 0.25) is 0 Å². The van der Waals surface area contributed by atoms with Crippen LogP contribution >= 0.6 is 11.8 Å². The van der Waals surface area contributed by atoms with Crippen LogP contribution < -0.4 is 10.6 Å². The second-order valence-electron chi connectivity index (χ2n) is 11.2. The third kappa shape index (κ3) is 6.13. The molecule has 6 aromatic rings. The number of hydrogen-bond donors (Lipinski definition) is 3. The number of urea groups is 1. The number of aromatic nitrogens is 5. The van der Waals surface area contributed by atoms with E-state index in [9.17, 15) is 14.3 Å². The number of phenols is 1. The number of nitrogens with one attached hydrogen (secondary N) is 2. The van der Waals surface area contributed by atoms with Gasteiger partial charge in [0.15, 0.2) is 11.5 Å². The van der Waals surface area contributed by atoms with Gasteiger partial charge in [-0.25, -0.2) is 13.9 Å². The van der Waals surface area contributed by atoms with E-state index in [0.29, 0.717) is 28.5 Å².